The molecule has 0 amide bonds. The maximum Gasteiger partial charge on any atom is 0.152 e. The van der Waals surface area contributed by atoms with Gasteiger partial charge in [0.05, 0.1) is 16.1 Å². The number of phenolic OH excluding ortho intramolecular Hbond substituents is 1. The number of phenols is 1. The molecule has 5 heteroatoms. The lowest BCUT2D eigenvalue weighted by molar-refractivity contribution is 0.470. The molecule has 76 valence electrons. The Morgan fingerprint density at radius 3 is 2.29 bits per heavy atom. The lowest BCUT2D eigenvalue weighted by atomic mass is 10.1. The SMILES string of the molecule is Oc1c(Cl)cc(NC2CNC2)cc1Cl. The van der Waals surface area contributed by atoms with Crippen molar-refractivity contribution >= 4 is 28.9 Å². The molecule has 1 aromatic carbocycles. The fourth-order valence-electron chi connectivity index (χ4n) is 1.28. The van der Waals surface area contributed by atoms with E-state index in [1.165, 1.54) is 0 Å². The van der Waals surface area contributed by atoms with E-state index in [1.807, 2.05) is 0 Å². The summed E-state index contributed by atoms with van der Waals surface area (Å²) in [5.74, 6) is -0.0642. The van der Waals surface area contributed by atoms with Gasteiger partial charge in [-0.15, -0.1) is 0 Å². The summed E-state index contributed by atoms with van der Waals surface area (Å²) < 4.78 is 0. The van der Waals surface area contributed by atoms with E-state index in [0.29, 0.717) is 6.04 Å². The molecule has 1 fully saturated rings. The van der Waals surface area contributed by atoms with Crippen molar-refractivity contribution in [2.24, 2.45) is 0 Å². The quantitative estimate of drug-likeness (QED) is 0.685. The molecule has 1 aromatic rings. The van der Waals surface area contributed by atoms with Crippen LogP contribution in [-0.4, -0.2) is 24.2 Å². The maximum absolute atomic E-state index is 9.33. The molecule has 0 spiro atoms. The van der Waals surface area contributed by atoms with Gasteiger partial charge in [-0.2, -0.15) is 0 Å². The Bertz CT molecular complexity index is 330. The molecule has 1 aliphatic rings. The second kappa shape index (κ2) is 3.85. The molecule has 0 saturated carbocycles. The van der Waals surface area contributed by atoms with Crippen LogP contribution in [0.5, 0.6) is 5.75 Å². The fourth-order valence-corrected chi connectivity index (χ4v) is 1.76. The van der Waals surface area contributed by atoms with Crippen molar-refractivity contribution < 1.29 is 5.11 Å². The summed E-state index contributed by atoms with van der Waals surface area (Å²) in [5, 5.41) is 16.3. The Morgan fingerprint density at radius 2 is 1.86 bits per heavy atom. The van der Waals surface area contributed by atoms with Gasteiger partial charge in [-0.3, -0.25) is 0 Å². The van der Waals surface area contributed by atoms with Crippen LogP contribution < -0.4 is 10.6 Å². The van der Waals surface area contributed by atoms with Crippen LogP contribution >= 0.6 is 23.2 Å². The van der Waals surface area contributed by atoms with E-state index >= 15 is 0 Å². The maximum atomic E-state index is 9.33. The average molecular weight is 233 g/mol. The standard InChI is InChI=1S/C9H10Cl2N2O/c10-7-1-5(2-8(11)9(7)14)13-6-3-12-4-6/h1-2,6,12-14H,3-4H2. The first-order chi connectivity index (χ1) is 6.66. The first-order valence-corrected chi connectivity index (χ1v) is 5.07. The van der Waals surface area contributed by atoms with Crippen LogP contribution in [0.1, 0.15) is 0 Å². The summed E-state index contributed by atoms with van der Waals surface area (Å²) in [4.78, 5) is 0. The van der Waals surface area contributed by atoms with Crippen LogP contribution in [0.4, 0.5) is 5.69 Å². The van der Waals surface area contributed by atoms with Gasteiger partial charge in [0.2, 0.25) is 0 Å². The summed E-state index contributed by atoms with van der Waals surface area (Å²) in [6.45, 7) is 1.88. The molecule has 3 nitrogen and oxygen atoms in total. The zero-order valence-electron chi connectivity index (χ0n) is 7.35. The second-order valence-corrected chi connectivity index (χ2v) is 4.10. The van der Waals surface area contributed by atoms with Crippen LogP contribution in [0, 0.1) is 0 Å². The predicted octanol–water partition coefficient (Wildman–Crippen LogP) is 2.08. The third kappa shape index (κ3) is 1.90. The number of rotatable bonds is 2. The molecule has 1 heterocycles. The lowest BCUT2D eigenvalue weighted by Gasteiger charge is -2.29. The summed E-state index contributed by atoms with van der Waals surface area (Å²) in [7, 11) is 0. The molecule has 0 atom stereocenters. The van der Waals surface area contributed by atoms with Crippen molar-refractivity contribution in [3.63, 3.8) is 0 Å². The summed E-state index contributed by atoms with van der Waals surface area (Å²) in [6.07, 6.45) is 0. The van der Waals surface area contributed by atoms with Gasteiger partial charge in [-0.05, 0) is 12.1 Å². The first-order valence-electron chi connectivity index (χ1n) is 4.32. The number of hydrogen-bond acceptors (Lipinski definition) is 3. The second-order valence-electron chi connectivity index (χ2n) is 3.29. The molecule has 0 radical (unpaired) electrons. The monoisotopic (exact) mass is 232 g/mol. The number of halogens is 2. The molecule has 1 aliphatic heterocycles. The zero-order valence-corrected chi connectivity index (χ0v) is 8.86. The third-order valence-corrected chi connectivity index (χ3v) is 2.75. The van der Waals surface area contributed by atoms with Gasteiger partial charge < -0.3 is 15.7 Å². The molecule has 0 unspecified atom stereocenters. The predicted molar refractivity (Wildman–Crippen MR) is 58.4 cm³/mol. The number of hydrogen-bond donors (Lipinski definition) is 3. The Hall–Kier alpha value is -0.640. The highest BCUT2D eigenvalue weighted by Gasteiger charge is 2.17. The molecule has 3 N–H and O–H groups in total. The number of aromatic hydroxyl groups is 1. The van der Waals surface area contributed by atoms with Crippen LogP contribution in [0.3, 0.4) is 0 Å². The summed E-state index contributed by atoms with van der Waals surface area (Å²) in [5.41, 5.74) is 0.837. The molecule has 1 saturated heterocycles. The molecule has 0 aliphatic carbocycles. The number of benzene rings is 1. The van der Waals surface area contributed by atoms with Crippen molar-refractivity contribution in [2.45, 2.75) is 6.04 Å². The van der Waals surface area contributed by atoms with E-state index in [9.17, 15) is 5.11 Å². The van der Waals surface area contributed by atoms with Gasteiger partial charge in [-0.25, -0.2) is 0 Å². The number of anilines is 1. The molecule has 2 rings (SSSR count). The highest BCUT2D eigenvalue weighted by molar-refractivity contribution is 6.37. The van der Waals surface area contributed by atoms with Crippen molar-refractivity contribution in [1.82, 2.24) is 5.32 Å². The van der Waals surface area contributed by atoms with Crippen molar-refractivity contribution in [3.8, 4) is 5.75 Å². The van der Waals surface area contributed by atoms with Gasteiger partial charge in [0.25, 0.3) is 0 Å². The minimum Gasteiger partial charge on any atom is -0.505 e. The van der Waals surface area contributed by atoms with Crippen LogP contribution in [-0.2, 0) is 0 Å². The molecule has 0 bridgehead atoms. The van der Waals surface area contributed by atoms with Crippen molar-refractivity contribution in [3.05, 3.63) is 22.2 Å². The van der Waals surface area contributed by atoms with Crippen LogP contribution in [0.2, 0.25) is 10.0 Å². The Morgan fingerprint density at radius 1 is 1.29 bits per heavy atom. The Kier molecular flexibility index (Phi) is 2.72. The largest absolute Gasteiger partial charge is 0.505 e. The molecule has 0 aromatic heterocycles. The summed E-state index contributed by atoms with van der Waals surface area (Å²) in [6, 6.07) is 3.76. The minimum atomic E-state index is -0.0642. The Labute approximate surface area is 92.0 Å². The van der Waals surface area contributed by atoms with Crippen molar-refractivity contribution in [1.29, 1.82) is 0 Å². The van der Waals surface area contributed by atoms with Gasteiger partial charge >= 0.3 is 0 Å². The highest BCUT2D eigenvalue weighted by Crippen LogP contribution is 2.34. The Balaban J connectivity index is 2.17. The van der Waals surface area contributed by atoms with Crippen LogP contribution in [0.25, 0.3) is 0 Å². The first kappa shape index (κ1) is 9.90. The van der Waals surface area contributed by atoms with E-state index in [-0.39, 0.29) is 15.8 Å². The van der Waals surface area contributed by atoms with E-state index in [2.05, 4.69) is 10.6 Å². The molecular formula is C9H10Cl2N2O. The fraction of sp³-hybridized carbons (Fsp3) is 0.333. The normalized spacial score (nSPS) is 16.4. The van der Waals surface area contributed by atoms with E-state index in [0.717, 1.165) is 18.8 Å². The lowest BCUT2D eigenvalue weighted by Crippen LogP contribution is -2.51. The van der Waals surface area contributed by atoms with E-state index < -0.39 is 0 Å². The van der Waals surface area contributed by atoms with E-state index in [4.69, 9.17) is 23.2 Å². The molecular weight excluding hydrogens is 223 g/mol. The smallest absolute Gasteiger partial charge is 0.152 e. The molecule has 14 heavy (non-hydrogen) atoms. The average Bonchev–Trinajstić information content (AvgIpc) is 2.07. The zero-order chi connectivity index (χ0) is 10.1. The highest BCUT2D eigenvalue weighted by atomic mass is 35.5. The van der Waals surface area contributed by atoms with Crippen LogP contribution in [0.15, 0.2) is 12.1 Å². The van der Waals surface area contributed by atoms with Gasteiger partial charge in [0.1, 0.15) is 0 Å². The minimum absolute atomic E-state index is 0.0642. The summed E-state index contributed by atoms with van der Waals surface area (Å²) >= 11 is 11.5. The number of nitrogens with one attached hydrogen (secondary N) is 2. The van der Waals surface area contributed by atoms with E-state index in [1.54, 1.807) is 12.1 Å². The van der Waals surface area contributed by atoms with Gasteiger partial charge in [0, 0.05) is 18.8 Å². The third-order valence-electron chi connectivity index (χ3n) is 2.17. The van der Waals surface area contributed by atoms with Gasteiger partial charge in [0.15, 0.2) is 5.75 Å². The van der Waals surface area contributed by atoms with Crippen molar-refractivity contribution in [2.75, 3.05) is 18.4 Å². The topological polar surface area (TPSA) is 44.3 Å². The van der Waals surface area contributed by atoms with Gasteiger partial charge in [-0.1, -0.05) is 23.2 Å².